The minimum absolute atomic E-state index is 0.834. The van der Waals surface area contributed by atoms with E-state index in [0.29, 0.717) is 0 Å². The van der Waals surface area contributed by atoms with Crippen molar-refractivity contribution >= 4 is 32.9 Å². The van der Waals surface area contributed by atoms with Crippen molar-refractivity contribution in [3.63, 3.8) is 0 Å². The van der Waals surface area contributed by atoms with Gasteiger partial charge in [0, 0.05) is 17.8 Å². The molecule has 0 aliphatic heterocycles. The van der Waals surface area contributed by atoms with Gasteiger partial charge >= 0.3 is 0 Å². The smallest absolute Gasteiger partial charge is 0.143 e. The molecule has 0 fully saturated rings. The van der Waals surface area contributed by atoms with E-state index < -0.39 is 0 Å². The maximum atomic E-state index is 5.70. The second-order valence-corrected chi connectivity index (χ2v) is 6.23. The van der Waals surface area contributed by atoms with Crippen molar-refractivity contribution in [2.75, 3.05) is 26.2 Å². The monoisotopic (exact) mass is 343 g/mol. The van der Waals surface area contributed by atoms with Gasteiger partial charge in [0.15, 0.2) is 0 Å². The molecule has 0 aromatic heterocycles. The zero-order chi connectivity index (χ0) is 18.1. The average molecular weight is 343 g/mol. The van der Waals surface area contributed by atoms with Crippen molar-refractivity contribution in [2.45, 2.75) is 0 Å². The van der Waals surface area contributed by atoms with E-state index in [0.717, 1.165) is 33.6 Å². The molecule has 3 heteroatoms. The number of hydrogen-bond donors (Lipinski definition) is 0. The largest absolute Gasteiger partial charge is 0.495 e. The third-order valence-corrected chi connectivity index (χ3v) is 4.84. The molecule has 0 heterocycles. The van der Waals surface area contributed by atoms with E-state index in [2.05, 4.69) is 72.6 Å². The fourth-order valence-electron chi connectivity index (χ4n) is 3.60. The van der Waals surface area contributed by atoms with Crippen LogP contribution in [0.2, 0.25) is 0 Å². The lowest BCUT2D eigenvalue weighted by Crippen LogP contribution is -2.13. The predicted molar refractivity (Wildman–Crippen MR) is 109 cm³/mol. The SMILES string of the molecule is COc1ccc2ccccc2c1N(C)c1c(OC)ccc2ccccc12. The number of hydrogen-bond acceptors (Lipinski definition) is 3. The zero-order valence-electron chi connectivity index (χ0n) is 15.2. The molecule has 0 bridgehead atoms. The van der Waals surface area contributed by atoms with Crippen molar-refractivity contribution < 1.29 is 9.47 Å². The van der Waals surface area contributed by atoms with Crippen molar-refractivity contribution in [3.05, 3.63) is 72.8 Å². The van der Waals surface area contributed by atoms with Gasteiger partial charge < -0.3 is 14.4 Å². The van der Waals surface area contributed by atoms with E-state index in [1.165, 1.54) is 10.8 Å². The van der Waals surface area contributed by atoms with Crippen molar-refractivity contribution in [2.24, 2.45) is 0 Å². The van der Waals surface area contributed by atoms with Gasteiger partial charge in [0.1, 0.15) is 11.5 Å². The van der Waals surface area contributed by atoms with Gasteiger partial charge in [0.25, 0.3) is 0 Å². The zero-order valence-corrected chi connectivity index (χ0v) is 15.2. The van der Waals surface area contributed by atoms with Crippen LogP contribution in [-0.4, -0.2) is 21.3 Å². The van der Waals surface area contributed by atoms with E-state index in [1.54, 1.807) is 14.2 Å². The molecular formula is C23H21NO2. The Bertz CT molecular complexity index is 1000. The van der Waals surface area contributed by atoms with E-state index in [4.69, 9.17) is 9.47 Å². The topological polar surface area (TPSA) is 21.7 Å². The number of ether oxygens (including phenoxy) is 2. The molecule has 0 radical (unpaired) electrons. The summed E-state index contributed by atoms with van der Waals surface area (Å²) in [4.78, 5) is 2.17. The van der Waals surface area contributed by atoms with Gasteiger partial charge in [-0.05, 0) is 22.9 Å². The summed E-state index contributed by atoms with van der Waals surface area (Å²) in [7, 11) is 5.48. The van der Waals surface area contributed by atoms with Gasteiger partial charge in [0.05, 0.1) is 25.6 Å². The number of rotatable bonds is 4. The molecule has 0 aliphatic carbocycles. The Morgan fingerprint density at radius 1 is 0.577 bits per heavy atom. The molecule has 0 saturated heterocycles. The lowest BCUT2D eigenvalue weighted by atomic mass is 10.0. The Hall–Kier alpha value is -3.20. The molecule has 0 unspecified atom stereocenters. The standard InChI is InChI=1S/C23H21NO2/c1-24(22-18-10-6-4-8-16(18)12-14-20(22)25-2)23-19-11-7-5-9-17(19)13-15-21(23)26-3/h4-15H,1-3H3. The summed E-state index contributed by atoms with van der Waals surface area (Å²) in [6.07, 6.45) is 0. The summed E-state index contributed by atoms with van der Waals surface area (Å²) in [6, 6.07) is 24.9. The van der Waals surface area contributed by atoms with Gasteiger partial charge in [-0.3, -0.25) is 0 Å². The summed E-state index contributed by atoms with van der Waals surface area (Å²) in [6.45, 7) is 0. The van der Waals surface area contributed by atoms with Crippen LogP contribution in [0.1, 0.15) is 0 Å². The van der Waals surface area contributed by atoms with Crippen LogP contribution >= 0.6 is 0 Å². The second-order valence-electron chi connectivity index (χ2n) is 6.23. The first kappa shape index (κ1) is 16.3. The molecule has 0 spiro atoms. The van der Waals surface area contributed by atoms with Crippen LogP contribution in [0, 0.1) is 0 Å². The number of nitrogens with zero attached hydrogens (tertiary/aromatic N) is 1. The molecule has 3 nitrogen and oxygen atoms in total. The molecule has 0 aliphatic rings. The molecule has 4 rings (SSSR count). The Morgan fingerprint density at radius 3 is 1.42 bits per heavy atom. The Labute approximate surface area is 153 Å². The summed E-state index contributed by atoms with van der Waals surface area (Å²) in [5.41, 5.74) is 2.06. The van der Waals surface area contributed by atoms with Crippen LogP contribution in [0.25, 0.3) is 21.5 Å². The maximum Gasteiger partial charge on any atom is 0.143 e. The third kappa shape index (κ3) is 2.53. The number of fused-ring (bicyclic) bond motifs is 2. The van der Waals surface area contributed by atoms with Crippen LogP contribution in [0.3, 0.4) is 0 Å². The molecular weight excluding hydrogens is 322 g/mol. The second kappa shape index (κ2) is 6.60. The van der Waals surface area contributed by atoms with Gasteiger partial charge in [0.2, 0.25) is 0 Å². The van der Waals surface area contributed by atoms with Gasteiger partial charge in [-0.2, -0.15) is 0 Å². The van der Waals surface area contributed by atoms with E-state index in [1.807, 2.05) is 12.1 Å². The highest BCUT2D eigenvalue weighted by molar-refractivity contribution is 6.05. The van der Waals surface area contributed by atoms with Gasteiger partial charge in [-0.1, -0.05) is 60.7 Å². The summed E-state index contributed by atoms with van der Waals surface area (Å²) >= 11 is 0. The quantitative estimate of drug-likeness (QED) is 0.469. The van der Waals surface area contributed by atoms with Crippen molar-refractivity contribution in [1.82, 2.24) is 0 Å². The molecule has 0 atom stereocenters. The van der Waals surface area contributed by atoms with Gasteiger partial charge in [-0.15, -0.1) is 0 Å². The first-order valence-electron chi connectivity index (χ1n) is 8.60. The van der Waals surface area contributed by atoms with E-state index >= 15 is 0 Å². The molecule has 0 N–H and O–H groups in total. The van der Waals surface area contributed by atoms with E-state index in [9.17, 15) is 0 Å². The van der Waals surface area contributed by atoms with Crippen LogP contribution in [0.5, 0.6) is 11.5 Å². The number of benzene rings is 4. The van der Waals surface area contributed by atoms with Crippen LogP contribution in [-0.2, 0) is 0 Å². The highest BCUT2D eigenvalue weighted by Gasteiger charge is 2.19. The Morgan fingerprint density at radius 2 is 1.00 bits per heavy atom. The number of anilines is 2. The molecule has 26 heavy (non-hydrogen) atoms. The molecule has 0 saturated carbocycles. The molecule has 0 amide bonds. The Balaban J connectivity index is 2.04. The first-order valence-corrected chi connectivity index (χ1v) is 8.60. The van der Waals surface area contributed by atoms with E-state index in [-0.39, 0.29) is 0 Å². The minimum Gasteiger partial charge on any atom is -0.495 e. The lowest BCUT2D eigenvalue weighted by Gasteiger charge is -2.26. The van der Waals surface area contributed by atoms with Crippen LogP contribution in [0.4, 0.5) is 11.4 Å². The minimum atomic E-state index is 0.834. The predicted octanol–water partition coefficient (Wildman–Crippen LogP) is 5.78. The highest BCUT2D eigenvalue weighted by Crippen LogP contribution is 2.44. The number of methoxy groups -OCH3 is 2. The molecule has 4 aromatic rings. The van der Waals surface area contributed by atoms with Crippen molar-refractivity contribution in [3.8, 4) is 11.5 Å². The fourth-order valence-corrected chi connectivity index (χ4v) is 3.60. The lowest BCUT2D eigenvalue weighted by molar-refractivity contribution is 0.413. The molecule has 130 valence electrons. The maximum absolute atomic E-state index is 5.70. The first-order chi connectivity index (χ1) is 12.7. The Kier molecular flexibility index (Phi) is 4.13. The van der Waals surface area contributed by atoms with Crippen LogP contribution in [0.15, 0.2) is 72.8 Å². The molecule has 4 aromatic carbocycles. The van der Waals surface area contributed by atoms with Crippen LogP contribution < -0.4 is 14.4 Å². The fraction of sp³-hybridized carbons (Fsp3) is 0.130. The average Bonchev–Trinajstić information content (AvgIpc) is 2.71. The highest BCUT2D eigenvalue weighted by atomic mass is 16.5. The summed E-state index contributed by atoms with van der Waals surface area (Å²) < 4.78 is 11.4. The summed E-state index contributed by atoms with van der Waals surface area (Å²) in [5, 5.41) is 4.64. The van der Waals surface area contributed by atoms with Gasteiger partial charge in [-0.25, -0.2) is 0 Å². The van der Waals surface area contributed by atoms with Crippen molar-refractivity contribution in [1.29, 1.82) is 0 Å². The third-order valence-electron chi connectivity index (χ3n) is 4.84. The summed E-state index contributed by atoms with van der Waals surface area (Å²) in [5.74, 6) is 1.67. The normalized spacial score (nSPS) is 10.9.